The van der Waals surface area contributed by atoms with Crippen LogP contribution in [0.4, 0.5) is 0 Å². The number of ketones is 1. The number of hydrogen-bond acceptors (Lipinski definition) is 3. The number of carbonyl (C=O) groups excluding carboxylic acids is 1. The zero-order chi connectivity index (χ0) is 14.1. The fourth-order valence-electron chi connectivity index (χ4n) is 2.40. The van der Waals surface area contributed by atoms with Crippen molar-refractivity contribution < 1.29 is 4.79 Å². The van der Waals surface area contributed by atoms with Crippen molar-refractivity contribution in [2.45, 2.75) is 13.8 Å². The van der Waals surface area contributed by atoms with Gasteiger partial charge in [0.25, 0.3) is 0 Å². The highest BCUT2D eigenvalue weighted by Crippen LogP contribution is 2.21. The van der Waals surface area contributed by atoms with Crippen molar-refractivity contribution in [3.63, 3.8) is 0 Å². The predicted molar refractivity (Wildman–Crippen MR) is 78.9 cm³/mol. The highest BCUT2D eigenvalue weighted by atomic mass is 16.1. The standard InChI is InChI=1S/C17H14N2O/c1-11-8-12(2)16(19-9-11)17(20)15-5-3-4-13-10-18-7-6-14(13)15/h3-10H,1-2H3. The molecule has 0 saturated carbocycles. The maximum absolute atomic E-state index is 12.7. The van der Waals surface area contributed by atoms with Gasteiger partial charge in [-0.1, -0.05) is 24.3 Å². The number of aromatic nitrogens is 2. The van der Waals surface area contributed by atoms with E-state index >= 15 is 0 Å². The lowest BCUT2D eigenvalue weighted by molar-refractivity contribution is 0.103. The third kappa shape index (κ3) is 2.07. The summed E-state index contributed by atoms with van der Waals surface area (Å²) < 4.78 is 0. The first-order valence-electron chi connectivity index (χ1n) is 6.47. The second-order valence-electron chi connectivity index (χ2n) is 4.91. The van der Waals surface area contributed by atoms with Crippen molar-refractivity contribution in [2.24, 2.45) is 0 Å². The van der Waals surface area contributed by atoms with Gasteiger partial charge in [-0.25, -0.2) is 0 Å². The number of nitrogens with zero attached hydrogens (tertiary/aromatic N) is 2. The Morgan fingerprint density at radius 3 is 2.75 bits per heavy atom. The van der Waals surface area contributed by atoms with Crippen LogP contribution in [0.15, 0.2) is 48.9 Å². The van der Waals surface area contributed by atoms with Crippen LogP contribution in [-0.2, 0) is 0 Å². The lowest BCUT2D eigenvalue weighted by Crippen LogP contribution is -2.07. The first-order chi connectivity index (χ1) is 9.66. The number of carbonyl (C=O) groups is 1. The van der Waals surface area contributed by atoms with Gasteiger partial charge in [-0.15, -0.1) is 0 Å². The van der Waals surface area contributed by atoms with E-state index in [1.807, 2.05) is 44.2 Å². The number of benzene rings is 1. The molecule has 20 heavy (non-hydrogen) atoms. The Morgan fingerprint density at radius 2 is 1.95 bits per heavy atom. The van der Waals surface area contributed by atoms with Crippen LogP contribution in [0.1, 0.15) is 27.2 Å². The van der Waals surface area contributed by atoms with Gasteiger partial charge in [-0.05, 0) is 36.4 Å². The van der Waals surface area contributed by atoms with Crippen molar-refractivity contribution in [1.29, 1.82) is 0 Å². The summed E-state index contributed by atoms with van der Waals surface area (Å²) in [5.41, 5.74) is 3.14. The van der Waals surface area contributed by atoms with Gasteiger partial charge in [0.1, 0.15) is 5.69 Å². The van der Waals surface area contributed by atoms with Gasteiger partial charge >= 0.3 is 0 Å². The molecule has 98 valence electrons. The van der Waals surface area contributed by atoms with E-state index in [1.165, 1.54) is 0 Å². The summed E-state index contributed by atoms with van der Waals surface area (Å²) in [5, 5.41) is 1.87. The summed E-state index contributed by atoms with van der Waals surface area (Å²) in [6.45, 7) is 3.89. The molecular weight excluding hydrogens is 248 g/mol. The van der Waals surface area contributed by atoms with Crippen LogP contribution in [0.3, 0.4) is 0 Å². The Balaban J connectivity index is 2.18. The van der Waals surface area contributed by atoms with E-state index in [9.17, 15) is 4.79 Å². The van der Waals surface area contributed by atoms with E-state index in [0.29, 0.717) is 11.3 Å². The minimum absolute atomic E-state index is 0.0423. The zero-order valence-corrected chi connectivity index (χ0v) is 11.4. The molecule has 0 bridgehead atoms. The topological polar surface area (TPSA) is 42.9 Å². The second kappa shape index (κ2) is 4.85. The van der Waals surface area contributed by atoms with Crippen LogP contribution in [0, 0.1) is 13.8 Å². The minimum atomic E-state index is -0.0423. The molecule has 0 unspecified atom stereocenters. The zero-order valence-electron chi connectivity index (χ0n) is 11.4. The number of aryl methyl sites for hydroxylation is 2. The Morgan fingerprint density at radius 1 is 1.10 bits per heavy atom. The van der Waals surface area contributed by atoms with E-state index in [1.54, 1.807) is 18.6 Å². The predicted octanol–water partition coefficient (Wildman–Crippen LogP) is 3.48. The molecule has 0 N–H and O–H groups in total. The summed E-state index contributed by atoms with van der Waals surface area (Å²) in [6.07, 6.45) is 5.20. The molecule has 0 amide bonds. The van der Waals surface area contributed by atoms with Crippen molar-refractivity contribution in [3.05, 3.63) is 71.3 Å². The molecule has 0 fully saturated rings. The van der Waals surface area contributed by atoms with Crippen LogP contribution >= 0.6 is 0 Å². The largest absolute Gasteiger partial charge is 0.287 e. The van der Waals surface area contributed by atoms with Gasteiger partial charge < -0.3 is 0 Å². The van der Waals surface area contributed by atoms with E-state index in [2.05, 4.69) is 9.97 Å². The molecular formula is C17H14N2O. The van der Waals surface area contributed by atoms with E-state index < -0.39 is 0 Å². The van der Waals surface area contributed by atoms with Gasteiger partial charge in [0.2, 0.25) is 5.78 Å². The van der Waals surface area contributed by atoms with Crippen LogP contribution < -0.4 is 0 Å². The monoisotopic (exact) mass is 262 g/mol. The Labute approximate surface area is 117 Å². The quantitative estimate of drug-likeness (QED) is 0.664. The first kappa shape index (κ1) is 12.5. The smallest absolute Gasteiger partial charge is 0.212 e. The molecule has 0 atom stereocenters. The van der Waals surface area contributed by atoms with Gasteiger partial charge in [0.05, 0.1) is 0 Å². The lowest BCUT2D eigenvalue weighted by Gasteiger charge is -2.07. The number of fused-ring (bicyclic) bond motifs is 1. The maximum Gasteiger partial charge on any atom is 0.212 e. The van der Waals surface area contributed by atoms with Gasteiger partial charge in [-0.3, -0.25) is 14.8 Å². The summed E-state index contributed by atoms with van der Waals surface area (Å²) in [5.74, 6) is -0.0423. The molecule has 1 aromatic carbocycles. The Kier molecular flexibility index (Phi) is 3.03. The van der Waals surface area contributed by atoms with E-state index in [4.69, 9.17) is 0 Å². The summed E-state index contributed by atoms with van der Waals surface area (Å²) in [4.78, 5) is 21.1. The highest BCUT2D eigenvalue weighted by molar-refractivity contribution is 6.15. The fourth-order valence-corrected chi connectivity index (χ4v) is 2.40. The molecule has 0 aliphatic rings. The number of pyridine rings is 2. The molecule has 0 radical (unpaired) electrons. The third-order valence-electron chi connectivity index (χ3n) is 3.36. The normalized spacial score (nSPS) is 10.7. The third-order valence-corrected chi connectivity index (χ3v) is 3.36. The van der Waals surface area contributed by atoms with Crippen LogP contribution in [0.5, 0.6) is 0 Å². The van der Waals surface area contributed by atoms with Crippen molar-refractivity contribution in [3.8, 4) is 0 Å². The molecule has 0 saturated heterocycles. The fraction of sp³-hybridized carbons (Fsp3) is 0.118. The maximum atomic E-state index is 12.7. The summed E-state index contributed by atoms with van der Waals surface area (Å²) in [7, 11) is 0. The average Bonchev–Trinajstić information content (AvgIpc) is 2.46. The van der Waals surface area contributed by atoms with E-state index in [0.717, 1.165) is 21.9 Å². The molecule has 2 aromatic heterocycles. The van der Waals surface area contributed by atoms with E-state index in [-0.39, 0.29) is 5.78 Å². The molecule has 3 aromatic rings. The summed E-state index contributed by atoms with van der Waals surface area (Å²) in [6, 6.07) is 9.51. The number of rotatable bonds is 2. The molecule has 0 aliphatic carbocycles. The first-order valence-corrected chi connectivity index (χ1v) is 6.47. The molecule has 2 heterocycles. The number of hydrogen-bond donors (Lipinski definition) is 0. The Hall–Kier alpha value is -2.55. The lowest BCUT2D eigenvalue weighted by atomic mass is 9.99. The van der Waals surface area contributed by atoms with Crippen LogP contribution in [-0.4, -0.2) is 15.8 Å². The van der Waals surface area contributed by atoms with Crippen molar-refractivity contribution >= 4 is 16.6 Å². The molecule has 3 nitrogen and oxygen atoms in total. The van der Waals surface area contributed by atoms with Crippen LogP contribution in [0.25, 0.3) is 10.8 Å². The van der Waals surface area contributed by atoms with Gasteiger partial charge in [0, 0.05) is 29.5 Å². The van der Waals surface area contributed by atoms with Crippen molar-refractivity contribution in [2.75, 3.05) is 0 Å². The molecule has 3 rings (SSSR count). The van der Waals surface area contributed by atoms with Gasteiger partial charge in [0.15, 0.2) is 0 Å². The summed E-state index contributed by atoms with van der Waals surface area (Å²) >= 11 is 0. The SMILES string of the molecule is Cc1cnc(C(=O)c2cccc3cnccc23)c(C)c1. The highest BCUT2D eigenvalue weighted by Gasteiger charge is 2.15. The molecule has 0 aliphatic heterocycles. The average molecular weight is 262 g/mol. The minimum Gasteiger partial charge on any atom is -0.287 e. The Bertz CT molecular complexity index is 804. The van der Waals surface area contributed by atoms with Gasteiger partial charge in [-0.2, -0.15) is 0 Å². The molecule has 0 spiro atoms. The molecule has 3 heteroatoms. The van der Waals surface area contributed by atoms with Crippen LogP contribution in [0.2, 0.25) is 0 Å². The second-order valence-corrected chi connectivity index (χ2v) is 4.91. The van der Waals surface area contributed by atoms with Crippen molar-refractivity contribution in [1.82, 2.24) is 9.97 Å².